The molecule has 0 fully saturated rings. The first-order valence-corrected chi connectivity index (χ1v) is 15.7. The Morgan fingerprint density at radius 1 is 0.375 bits per heavy atom. The van der Waals surface area contributed by atoms with Gasteiger partial charge in [-0.1, -0.05) is 77.3 Å². The van der Waals surface area contributed by atoms with Gasteiger partial charge < -0.3 is 0 Å². The molecule has 0 saturated carbocycles. The highest BCUT2D eigenvalue weighted by atomic mass is 32.1. The zero-order valence-electron chi connectivity index (χ0n) is 24.2. The van der Waals surface area contributed by atoms with Crippen LogP contribution in [-0.2, 0) is 12.4 Å². The number of alkyl halides is 6. The van der Waals surface area contributed by atoms with E-state index >= 15 is 0 Å². The monoisotopic (exact) mass is 688 g/mol. The van der Waals surface area contributed by atoms with Gasteiger partial charge in [0.25, 0.3) is 0 Å². The fourth-order valence-corrected chi connectivity index (χ4v) is 6.43. The number of halogens is 6. The lowest BCUT2D eigenvalue weighted by molar-refractivity contribution is -0.138. The summed E-state index contributed by atoms with van der Waals surface area (Å²) in [7, 11) is 0. The smallest absolute Gasteiger partial charge is 0.245 e. The lowest BCUT2D eigenvalue weighted by atomic mass is 10.1. The summed E-state index contributed by atoms with van der Waals surface area (Å²) in [5, 5.41) is 19.4. The third kappa shape index (κ3) is 6.57. The Morgan fingerprint density at radius 3 is 1.17 bits per heavy atom. The molecule has 4 heterocycles. The molecule has 6 nitrogen and oxygen atoms in total. The minimum atomic E-state index is -4.47. The number of hydrogen-bond donors (Lipinski definition) is 0. The highest BCUT2D eigenvalue weighted by molar-refractivity contribution is 7.18. The summed E-state index contributed by atoms with van der Waals surface area (Å²) < 4.78 is 79.5. The maximum atomic E-state index is 13.2. The van der Waals surface area contributed by atoms with Gasteiger partial charge in [0.2, 0.25) is 0 Å². The third-order valence-electron chi connectivity index (χ3n) is 7.11. The molecule has 0 spiro atoms. The summed E-state index contributed by atoms with van der Waals surface area (Å²) in [6.07, 6.45) is -8.94. The molecule has 0 radical (unpaired) electrons. The summed E-state index contributed by atoms with van der Waals surface area (Å²) in [4.78, 5) is 9.10. The zero-order valence-corrected chi connectivity index (χ0v) is 25.8. The second-order valence-electron chi connectivity index (χ2n) is 10.4. The average Bonchev–Trinajstić information content (AvgIpc) is 3.80. The van der Waals surface area contributed by atoms with Crippen LogP contribution >= 0.6 is 22.7 Å². The van der Waals surface area contributed by atoms with Crippen LogP contribution in [0.2, 0.25) is 0 Å². The van der Waals surface area contributed by atoms with Crippen LogP contribution in [0.4, 0.5) is 26.3 Å². The van der Waals surface area contributed by atoms with E-state index in [-0.39, 0.29) is 0 Å². The van der Waals surface area contributed by atoms with Crippen molar-refractivity contribution in [2.45, 2.75) is 12.4 Å². The van der Waals surface area contributed by atoms with Crippen LogP contribution in [0.5, 0.6) is 0 Å². The van der Waals surface area contributed by atoms with Gasteiger partial charge in [0.1, 0.15) is 21.4 Å². The van der Waals surface area contributed by atoms with Crippen molar-refractivity contribution >= 4 is 22.7 Å². The van der Waals surface area contributed by atoms with Crippen LogP contribution in [0.25, 0.3) is 65.1 Å². The normalized spacial score (nSPS) is 12.0. The van der Waals surface area contributed by atoms with Crippen molar-refractivity contribution in [1.29, 1.82) is 0 Å². The molecule has 14 heteroatoms. The molecular weight excluding hydrogens is 671 g/mol. The van der Waals surface area contributed by atoms with E-state index in [1.54, 1.807) is 48.5 Å². The van der Waals surface area contributed by atoms with Crippen LogP contribution in [0.1, 0.15) is 11.1 Å². The molecule has 0 bridgehead atoms. The molecule has 7 aromatic rings. The van der Waals surface area contributed by atoms with Gasteiger partial charge in [-0.05, 0) is 54.6 Å². The summed E-state index contributed by atoms with van der Waals surface area (Å²) in [6.45, 7) is 0. The van der Waals surface area contributed by atoms with Crippen LogP contribution in [0.15, 0.2) is 109 Å². The van der Waals surface area contributed by atoms with E-state index in [1.165, 1.54) is 34.8 Å². The highest BCUT2D eigenvalue weighted by Crippen LogP contribution is 2.37. The van der Waals surface area contributed by atoms with Crippen LogP contribution < -0.4 is 0 Å². The Labute approximate surface area is 276 Å². The van der Waals surface area contributed by atoms with Crippen molar-refractivity contribution in [3.05, 3.63) is 120 Å². The summed E-state index contributed by atoms with van der Waals surface area (Å²) in [5.74, 6) is 0. The molecule has 0 N–H and O–H groups in total. The number of rotatable bonds is 6. The summed E-state index contributed by atoms with van der Waals surface area (Å²) in [6, 6.07) is 27.5. The Hall–Kier alpha value is -5.34. The lowest BCUT2D eigenvalue weighted by Crippen LogP contribution is -2.04. The summed E-state index contributed by atoms with van der Waals surface area (Å²) >= 11 is 2.56. The molecule has 0 aliphatic rings. The molecule has 0 atom stereocenters. The first-order valence-electron chi connectivity index (χ1n) is 14.1. The van der Waals surface area contributed by atoms with Gasteiger partial charge in [0.05, 0.1) is 22.5 Å². The van der Waals surface area contributed by atoms with Crippen molar-refractivity contribution in [2.24, 2.45) is 0 Å². The van der Waals surface area contributed by atoms with E-state index in [4.69, 9.17) is 0 Å². The van der Waals surface area contributed by atoms with Crippen LogP contribution in [0, 0.1) is 0 Å². The minimum Gasteiger partial charge on any atom is -0.245 e. The quantitative estimate of drug-likeness (QED) is 0.162. The Kier molecular flexibility index (Phi) is 8.05. The molecule has 3 aromatic carbocycles. The highest BCUT2D eigenvalue weighted by Gasteiger charge is 2.31. The van der Waals surface area contributed by atoms with Gasteiger partial charge in [-0.25, -0.2) is 9.97 Å². The van der Waals surface area contributed by atoms with Gasteiger partial charge >= 0.3 is 12.4 Å². The molecule has 0 saturated heterocycles. The first-order chi connectivity index (χ1) is 23.0. The predicted octanol–water partition coefficient (Wildman–Crippen LogP) is 10.2. The van der Waals surface area contributed by atoms with Crippen molar-refractivity contribution in [2.75, 3.05) is 0 Å². The van der Waals surface area contributed by atoms with Gasteiger partial charge in [-0.15, -0.1) is 20.4 Å². The number of benzene rings is 3. The number of nitrogens with zero attached hydrogens (tertiary/aromatic N) is 6. The average molecular weight is 689 g/mol. The summed E-state index contributed by atoms with van der Waals surface area (Å²) in [5.41, 5.74) is 2.35. The van der Waals surface area contributed by atoms with Crippen molar-refractivity contribution in [1.82, 2.24) is 30.4 Å². The van der Waals surface area contributed by atoms with Gasteiger partial charge in [0.15, 0.2) is 10.0 Å². The third-order valence-corrected chi connectivity index (χ3v) is 9.10. The Balaban J connectivity index is 1.13. The van der Waals surface area contributed by atoms with Gasteiger partial charge in [-0.2, -0.15) is 26.3 Å². The number of hydrogen-bond acceptors (Lipinski definition) is 8. The molecule has 0 aliphatic heterocycles. The number of aromatic nitrogens is 6. The first kappa shape index (κ1) is 31.3. The Morgan fingerprint density at radius 2 is 0.729 bits per heavy atom. The van der Waals surface area contributed by atoms with E-state index in [0.717, 1.165) is 35.4 Å². The fourth-order valence-electron chi connectivity index (χ4n) is 4.81. The van der Waals surface area contributed by atoms with Crippen molar-refractivity contribution in [3.8, 4) is 65.1 Å². The largest absolute Gasteiger partial charge is 0.416 e. The van der Waals surface area contributed by atoms with Gasteiger partial charge in [-0.3, -0.25) is 0 Å². The van der Waals surface area contributed by atoms with Crippen molar-refractivity contribution < 1.29 is 26.3 Å². The van der Waals surface area contributed by atoms with E-state index in [0.29, 0.717) is 53.9 Å². The lowest BCUT2D eigenvalue weighted by Gasteiger charge is -2.08. The number of pyridine rings is 2. The van der Waals surface area contributed by atoms with Crippen LogP contribution in [0.3, 0.4) is 0 Å². The molecule has 238 valence electrons. The standard InChI is InChI=1S/C34H18F6N6S2/c35-33(36,37)23-10-2-6-19(17-23)25-12-4-14-27(41-25)31-45-43-29(47-31)21-8-1-9-22(16-21)30-44-46-32(48-30)28-15-5-13-26(42-28)20-7-3-11-24(18-20)34(38,39)40/h1-18H. The maximum absolute atomic E-state index is 13.2. The molecule has 48 heavy (non-hydrogen) atoms. The molecule has 0 unspecified atom stereocenters. The van der Waals surface area contributed by atoms with E-state index in [1.807, 2.05) is 24.3 Å². The zero-order chi connectivity index (χ0) is 33.5. The van der Waals surface area contributed by atoms with E-state index in [9.17, 15) is 26.3 Å². The van der Waals surface area contributed by atoms with Crippen LogP contribution in [-0.4, -0.2) is 30.4 Å². The Bertz CT molecular complexity index is 2110. The van der Waals surface area contributed by atoms with Crippen molar-refractivity contribution in [3.63, 3.8) is 0 Å². The molecule has 4 aromatic heterocycles. The SMILES string of the molecule is FC(F)(F)c1cccc(-c2cccc(-c3nnc(-c4cccc(-c5nnc(-c6cccc(-c7cccc(C(F)(F)F)c7)n6)s5)c4)s3)n2)c1. The van der Waals surface area contributed by atoms with Gasteiger partial charge in [0, 0.05) is 22.3 Å². The minimum absolute atomic E-state index is 0.332. The second-order valence-corrected chi connectivity index (χ2v) is 12.3. The van der Waals surface area contributed by atoms with E-state index < -0.39 is 23.5 Å². The fraction of sp³-hybridized carbons (Fsp3) is 0.0588. The topological polar surface area (TPSA) is 77.3 Å². The molecule has 0 aliphatic carbocycles. The molecular formula is C34H18F6N6S2. The maximum Gasteiger partial charge on any atom is 0.416 e. The van der Waals surface area contributed by atoms with E-state index in [2.05, 4.69) is 30.4 Å². The molecule has 0 amide bonds. The second kappa shape index (κ2) is 12.4. The molecule has 7 rings (SSSR count). The predicted molar refractivity (Wildman–Crippen MR) is 172 cm³/mol.